The highest BCUT2D eigenvalue weighted by molar-refractivity contribution is 8.00. The minimum absolute atomic E-state index is 0.0360. The molecule has 20 heavy (non-hydrogen) atoms. The second kappa shape index (κ2) is 7.74. The molecule has 2 N–H and O–H groups in total. The van der Waals surface area contributed by atoms with E-state index >= 15 is 0 Å². The molecule has 1 aromatic rings. The van der Waals surface area contributed by atoms with Gasteiger partial charge in [-0.1, -0.05) is 0 Å². The molecule has 110 valence electrons. The summed E-state index contributed by atoms with van der Waals surface area (Å²) >= 11 is 1.00. The van der Waals surface area contributed by atoms with Crippen LogP contribution in [0.15, 0.2) is 18.2 Å². The molecule has 7 heteroatoms. The van der Waals surface area contributed by atoms with Crippen LogP contribution in [-0.4, -0.2) is 35.6 Å². The second-order valence-corrected chi connectivity index (χ2v) is 5.05. The zero-order chi connectivity index (χ0) is 15.1. The first-order chi connectivity index (χ1) is 9.43. The Balaban J connectivity index is 2.61. The summed E-state index contributed by atoms with van der Waals surface area (Å²) in [7, 11) is 1.47. The average molecular weight is 301 g/mol. The summed E-state index contributed by atoms with van der Waals surface area (Å²) in [4.78, 5) is 22.0. The van der Waals surface area contributed by atoms with Gasteiger partial charge >= 0.3 is 5.97 Å². The van der Waals surface area contributed by atoms with E-state index in [0.717, 1.165) is 11.8 Å². The van der Waals surface area contributed by atoms with Crippen LogP contribution in [0.4, 0.5) is 4.39 Å². The van der Waals surface area contributed by atoms with Crippen LogP contribution in [-0.2, 0) is 9.59 Å². The monoisotopic (exact) mass is 301 g/mol. The lowest BCUT2D eigenvalue weighted by atomic mass is 10.1. The Labute approximate surface area is 120 Å². The van der Waals surface area contributed by atoms with Crippen molar-refractivity contribution < 1.29 is 23.8 Å². The SMILES string of the molecule is COc1ccc(F)cc1C(C)NC(=O)CSCC(=O)O. The molecular formula is C13H16FNO4S. The van der Waals surface area contributed by atoms with E-state index in [1.54, 1.807) is 6.92 Å². The highest BCUT2D eigenvalue weighted by Gasteiger charge is 2.15. The molecule has 0 bridgehead atoms. The number of hydrogen-bond donors (Lipinski definition) is 2. The van der Waals surface area contributed by atoms with Crippen LogP contribution in [0.3, 0.4) is 0 Å². The maximum absolute atomic E-state index is 13.2. The van der Waals surface area contributed by atoms with Crippen molar-refractivity contribution in [3.8, 4) is 5.75 Å². The standard InChI is InChI=1S/C13H16FNO4S/c1-8(15-12(16)6-20-7-13(17)18)10-5-9(14)3-4-11(10)19-2/h3-5,8H,6-7H2,1-2H3,(H,15,16)(H,17,18). The van der Waals surface area contributed by atoms with Crippen molar-refractivity contribution in [1.29, 1.82) is 0 Å². The van der Waals surface area contributed by atoms with E-state index in [1.165, 1.54) is 25.3 Å². The fourth-order valence-electron chi connectivity index (χ4n) is 1.64. The van der Waals surface area contributed by atoms with E-state index in [9.17, 15) is 14.0 Å². The van der Waals surface area contributed by atoms with Crippen LogP contribution in [0.2, 0.25) is 0 Å². The van der Waals surface area contributed by atoms with Gasteiger partial charge in [-0.05, 0) is 25.1 Å². The van der Waals surface area contributed by atoms with Crippen molar-refractivity contribution in [2.24, 2.45) is 0 Å². The molecule has 0 spiro atoms. The molecule has 0 saturated carbocycles. The molecule has 0 saturated heterocycles. The van der Waals surface area contributed by atoms with Gasteiger partial charge in [-0.3, -0.25) is 9.59 Å². The largest absolute Gasteiger partial charge is 0.496 e. The molecule has 1 aromatic carbocycles. The molecule has 0 aliphatic heterocycles. The lowest BCUT2D eigenvalue weighted by Crippen LogP contribution is -2.28. The lowest BCUT2D eigenvalue weighted by Gasteiger charge is -2.17. The minimum Gasteiger partial charge on any atom is -0.496 e. The Hall–Kier alpha value is -1.76. The molecule has 0 radical (unpaired) electrons. The number of hydrogen-bond acceptors (Lipinski definition) is 4. The topological polar surface area (TPSA) is 75.6 Å². The number of carbonyl (C=O) groups is 2. The first-order valence-electron chi connectivity index (χ1n) is 5.86. The zero-order valence-electron chi connectivity index (χ0n) is 11.2. The lowest BCUT2D eigenvalue weighted by molar-refractivity contribution is -0.133. The van der Waals surface area contributed by atoms with Crippen LogP contribution in [0, 0.1) is 5.82 Å². The fourth-order valence-corrected chi connectivity index (χ4v) is 2.18. The van der Waals surface area contributed by atoms with Crippen LogP contribution >= 0.6 is 11.8 Å². The van der Waals surface area contributed by atoms with Gasteiger partial charge in [0.05, 0.1) is 24.7 Å². The molecule has 1 unspecified atom stereocenters. The number of carbonyl (C=O) groups excluding carboxylic acids is 1. The summed E-state index contributed by atoms with van der Waals surface area (Å²) in [6.07, 6.45) is 0. The van der Waals surface area contributed by atoms with Gasteiger partial charge in [0.2, 0.25) is 5.91 Å². The first-order valence-corrected chi connectivity index (χ1v) is 7.02. The maximum Gasteiger partial charge on any atom is 0.313 e. The third-order valence-electron chi connectivity index (χ3n) is 2.49. The van der Waals surface area contributed by atoms with Gasteiger partial charge in [0.15, 0.2) is 0 Å². The maximum atomic E-state index is 13.2. The number of halogens is 1. The summed E-state index contributed by atoms with van der Waals surface area (Å²) in [5.74, 6) is -1.31. The van der Waals surface area contributed by atoms with E-state index in [0.29, 0.717) is 11.3 Å². The van der Waals surface area contributed by atoms with Crippen LogP contribution < -0.4 is 10.1 Å². The van der Waals surface area contributed by atoms with Gasteiger partial charge in [-0.25, -0.2) is 4.39 Å². The Kier molecular flexibility index (Phi) is 6.30. The number of carboxylic acid groups (broad SMARTS) is 1. The van der Waals surface area contributed by atoms with E-state index in [1.807, 2.05) is 0 Å². The van der Waals surface area contributed by atoms with Crippen LogP contribution in [0.1, 0.15) is 18.5 Å². The number of nitrogens with one attached hydrogen (secondary N) is 1. The highest BCUT2D eigenvalue weighted by atomic mass is 32.2. The number of rotatable bonds is 7. The molecular weight excluding hydrogens is 285 g/mol. The van der Waals surface area contributed by atoms with E-state index < -0.39 is 17.8 Å². The summed E-state index contributed by atoms with van der Waals surface area (Å²) < 4.78 is 18.3. The summed E-state index contributed by atoms with van der Waals surface area (Å²) in [5, 5.41) is 11.1. The Morgan fingerprint density at radius 3 is 2.75 bits per heavy atom. The van der Waals surface area contributed by atoms with Crippen molar-refractivity contribution in [3.05, 3.63) is 29.6 Å². The van der Waals surface area contributed by atoms with Crippen LogP contribution in [0.5, 0.6) is 5.75 Å². The number of methoxy groups -OCH3 is 1. The molecule has 0 fully saturated rings. The van der Waals surface area contributed by atoms with Crippen molar-refractivity contribution >= 4 is 23.6 Å². The number of carboxylic acids is 1. The third-order valence-corrected chi connectivity index (χ3v) is 3.41. The average Bonchev–Trinajstić information content (AvgIpc) is 2.38. The number of amides is 1. The third kappa shape index (κ3) is 5.08. The Morgan fingerprint density at radius 2 is 2.15 bits per heavy atom. The van der Waals surface area contributed by atoms with E-state index in [4.69, 9.17) is 9.84 Å². The summed E-state index contributed by atoms with van der Waals surface area (Å²) in [6.45, 7) is 1.71. The predicted octanol–water partition coefficient (Wildman–Crippen LogP) is 1.83. The number of benzene rings is 1. The molecule has 0 aliphatic rings. The van der Waals surface area contributed by atoms with Crippen molar-refractivity contribution in [3.63, 3.8) is 0 Å². The van der Waals surface area contributed by atoms with E-state index in [-0.39, 0.29) is 17.4 Å². The molecule has 0 aliphatic carbocycles. The van der Waals surface area contributed by atoms with Gasteiger partial charge in [-0.15, -0.1) is 11.8 Å². The van der Waals surface area contributed by atoms with Gasteiger partial charge in [0.25, 0.3) is 0 Å². The predicted molar refractivity (Wildman–Crippen MR) is 74.5 cm³/mol. The molecule has 1 atom stereocenters. The van der Waals surface area contributed by atoms with E-state index in [2.05, 4.69) is 5.32 Å². The fraction of sp³-hybridized carbons (Fsp3) is 0.385. The number of aliphatic carboxylic acids is 1. The summed E-state index contributed by atoms with van der Waals surface area (Å²) in [5.41, 5.74) is 0.532. The first kappa shape index (κ1) is 16.3. The zero-order valence-corrected chi connectivity index (χ0v) is 12.0. The molecule has 5 nitrogen and oxygen atoms in total. The van der Waals surface area contributed by atoms with Crippen LogP contribution in [0.25, 0.3) is 0 Å². The van der Waals surface area contributed by atoms with Crippen molar-refractivity contribution in [1.82, 2.24) is 5.32 Å². The highest BCUT2D eigenvalue weighted by Crippen LogP contribution is 2.25. The smallest absolute Gasteiger partial charge is 0.313 e. The van der Waals surface area contributed by atoms with Gasteiger partial charge in [-0.2, -0.15) is 0 Å². The number of ether oxygens (including phenoxy) is 1. The molecule has 0 heterocycles. The van der Waals surface area contributed by atoms with Crippen molar-refractivity contribution in [2.75, 3.05) is 18.6 Å². The summed E-state index contributed by atoms with van der Waals surface area (Å²) in [6, 6.07) is 3.64. The normalized spacial score (nSPS) is 11.8. The molecule has 1 amide bonds. The van der Waals surface area contributed by atoms with Crippen molar-refractivity contribution in [2.45, 2.75) is 13.0 Å². The van der Waals surface area contributed by atoms with Gasteiger partial charge in [0, 0.05) is 5.56 Å². The van der Waals surface area contributed by atoms with Gasteiger partial charge in [0.1, 0.15) is 11.6 Å². The second-order valence-electron chi connectivity index (χ2n) is 4.06. The number of thioether (sulfide) groups is 1. The molecule has 1 rings (SSSR count). The van der Waals surface area contributed by atoms with Gasteiger partial charge < -0.3 is 15.2 Å². The quantitative estimate of drug-likeness (QED) is 0.803. The minimum atomic E-state index is -0.970. The Bertz CT molecular complexity index is 495. The Morgan fingerprint density at radius 1 is 1.45 bits per heavy atom. The molecule has 0 aromatic heterocycles.